The van der Waals surface area contributed by atoms with E-state index >= 15 is 0 Å². The Labute approximate surface area is 128 Å². The van der Waals surface area contributed by atoms with E-state index in [0.717, 1.165) is 17.2 Å². The molecular formula is C17H17N3S. The van der Waals surface area contributed by atoms with Gasteiger partial charge in [0.15, 0.2) is 0 Å². The van der Waals surface area contributed by atoms with Crippen molar-refractivity contribution in [3.63, 3.8) is 0 Å². The van der Waals surface area contributed by atoms with E-state index in [-0.39, 0.29) is 6.04 Å². The highest BCUT2D eigenvalue weighted by Gasteiger charge is 2.13. The molecule has 1 unspecified atom stereocenters. The first-order chi connectivity index (χ1) is 10.3. The van der Waals surface area contributed by atoms with Crippen molar-refractivity contribution in [3.05, 3.63) is 82.1 Å². The molecule has 0 spiro atoms. The van der Waals surface area contributed by atoms with E-state index in [2.05, 4.69) is 57.1 Å². The maximum absolute atomic E-state index is 4.51. The van der Waals surface area contributed by atoms with Crippen LogP contribution >= 0.6 is 11.3 Å². The number of rotatable bonds is 5. The van der Waals surface area contributed by atoms with E-state index < -0.39 is 0 Å². The fourth-order valence-electron chi connectivity index (χ4n) is 2.33. The van der Waals surface area contributed by atoms with Crippen LogP contribution in [0.5, 0.6) is 0 Å². The number of benzene rings is 1. The van der Waals surface area contributed by atoms with E-state index in [0.29, 0.717) is 0 Å². The Morgan fingerprint density at radius 3 is 2.43 bits per heavy atom. The van der Waals surface area contributed by atoms with Crippen molar-refractivity contribution in [1.29, 1.82) is 0 Å². The van der Waals surface area contributed by atoms with Gasteiger partial charge in [-0.25, -0.2) is 4.98 Å². The third-order valence-corrected chi connectivity index (χ3v) is 4.15. The first-order valence-corrected chi connectivity index (χ1v) is 7.80. The molecule has 21 heavy (non-hydrogen) atoms. The zero-order valence-corrected chi connectivity index (χ0v) is 12.7. The number of hydrogen-bond acceptors (Lipinski definition) is 4. The summed E-state index contributed by atoms with van der Waals surface area (Å²) in [5.41, 5.74) is 3.55. The maximum atomic E-state index is 4.51. The van der Waals surface area contributed by atoms with Crippen molar-refractivity contribution < 1.29 is 0 Å². The Kier molecular flexibility index (Phi) is 4.38. The molecule has 0 radical (unpaired) electrons. The Morgan fingerprint density at radius 2 is 1.76 bits per heavy atom. The van der Waals surface area contributed by atoms with Gasteiger partial charge in [0, 0.05) is 24.3 Å². The minimum absolute atomic E-state index is 0.149. The van der Waals surface area contributed by atoms with Crippen LogP contribution in [0.4, 0.5) is 0 Å². The first kappa shape index (κ1) is 13.9. The summed E-state index contributed by atoms with van der Waals surface area (Å²) in [7, 11) is 0. The van der Waals surface area contributed by atoms with Crippen LogP contribution in [0.2, 0.25) is 0 Å². The Balaban J connectivity index is 1.83. The SMILES string of the molecule is Cc1nc(CNC(c2ccccc2)c2ccncc2)cs1. The molecule has 0 saturated heterocycles. The minimum Gasteiger partial charge on any atom is -0.301 e. The van der Waals surface area contributed by atoms with Gasteiger partial charge in [0.25, 0.3) is 0 Å². The Hall–Kier alpha value is -2.04. The zero-order chi connectivity index (χ0) is 14.5. The molecule has 2 heterocycles. The van der Waals surface area contributed by atoms with Crippen LogP contribution in [0.1, 0.15) is 27.9 Å². The topological polar surface area (TPSA) is 37.8 Å². The molecule has 1 N–H and O–H groups in total. The second-order valence-corrected chi connectivity index (χ2v) is 5.93. The highest BCUT2D eigenvalue weighted by atomic mass is 32.1. The molecule has 4 heteroatoms. The van der Waals surface area contributed by atoms with Gasteiger partial charge >= 0.3 is 0 Å². The number of aromatic nitrogens is 2. The normalized spacial score (nSPS) is 12.2. The van der Waals surface area contributed by atoms with Crippen LogP contribution in [-0.2, 0) is 6.54 Å². The molecule has 2 aromatic heterocycles. The van der Waals surface area contributed by atoms with E-state index in [4.69, 9.17) is 0 Å². The fraction of sp³-hybridized carbons (Fsp3) is 0.176. The molecule has 1 atom stereocenters. The van der Waals surface area contributed by atoms with Crippen molar-refractivity contribution in [2.45, 2.75) is 19.5 Å². The summed E-state index contributed by atoms with van der Waals surface area (Å²) in [6.45, 7) is 2.79. The van der Waals surface area contributed by atoms with Crippen LogP contribution in [0.15, 0.2) is 60.2 Å². The number of nitrogens with zero attached hydrogens (tertiary/aromatic N) is 2. The lowest BCUT2D eigenvalue weighted by atomic mass is 10.00. The van der Waals surface area contributed by atoms with Gasteiger partial charge in [0.2, 0.25) is 0 Å². The lowest BCUT2D eigenvalue weighted by Gasteiger charge is -2.19. The predicted octanol–water partition coefficient (Wildman–Crippen LogP) is 3.73. The van der Waals surface area contributed by atoms with Crippen LogP contribution in [0.25, 0.3) is 0 Å². The summed E-state index contributed by atoms with van der Waals surface area (Å²) in [5, 5.41) is 6.81. The van der Waals surface area contributed by atoms with Gasteiger partial charge in [0.1, 0.15) is 0 Å². The average Bonchev–Trinajstić information content (AvgIpc) is 2.95. The van der Waals surface area contributed by atoms with Crippen LogP contribution in [0, 0.1) is 6.92 Å². The van der Waals surface area contributed by atoms with E-state index in [1.807, 2.05) is 25.4 Å². The van der Waals surface area contributed by atoms with Crippen LogP contribution < -0.4 is 5.32 Å². The third kappa shape index (κ3) is 3.54. The summed E-state index contributed by atoms with van der Waals surface area (Å²) < 4.78 is 0. The van der Waals surface area contributed by atoms with E-state index in [1.165, 1.54) is 11.1 Å². The minimum atomic E-state index is 0.149. The molecule has 0 aliphatic rings. The van der Waals surface area contributed by atoms with Gasteiger partial charge in [-0.2, -0.15) is 0 Å². The molecule has 0 aliphatic carbocycles. The second-order valence-electron chi connectivity index (χ2n) is 4.86. The van der Waals surface area contributed by atoms with Crippen LogP contribution in [0.3, 0.4) is 0 Å². The van der Waals surface area contributed by atoms with Crippen molar-refractivity contribution in [3.8, 4) is 0 Å². The molecule has 0 saturated carbocycles. The second kappa shape index (κ2) is 6.61. The van der Waals surface area contributed by atoms with Gasteiger partial charge in [-0.05, 0) is 30.2 Å². The number of aryl methyl sites for hydroxylation is 1. The van der Waals surface area contributed by atoms with Crippen molar-refractivity contribution >= 4 is 11.3 Å². The van der Waals surface area contributed by atoms with Crippen molar-refractivity contribution in [2.24, 2.45) is 0 Å². The van der Waals surface area contributed by atoms with Crippen LogP contribution in [-0.4, -0.2) is 9.97 Å². The molecule has 0 amide bonds. The number of pyridine rings is 1. The van der Waals surface area contributed by atoms with E-state index in [9.17, 15) is 0 Å². The van der Waals surface area contributed by atoms with Crippen molar-refractivity contribution in [1.82, 2.24) is 15.3 Å². The lowest BCUT2D eigenvalue weighted by molar-refractivity contribution is 0.597. The molecule has 3 aromatic rings. The van der Waals surface area contributed by atoms with Gasteiger partial charge in [-0.3, -0.25) is 4.98 Å². The van der Waals surface area contributed by atoms with Gasteiger partial charge < -0.3 is 5.32 Å². The van der Waals surface area contributed by atoms with Gasteiger partial charge in [-0.15, -0.1) is 11.3 Å². The fourth-order valence-corrected chi connectivity index (χ4v) is 2.94. The molecular weight excluding hydrogens is 278 g/mol. The first-order valence-electron chi connectivity index (χ1n) is 6.92. The third-order valence-electron chi connectivity index (χ3n) is 3.33. The lowest BCUT2D eigenvalue weighted by Crippen LogP contribution is -2.22. The molecule has 0 bridgehead atoms. The molecule has 3 nitrogen and oxygen atoms in total. The summed E-state index contributed by atoms with van der Waals surface area (Å²) in [6, 6.07) is 14.7. The highest BCUT2D eigenvalue weighted by Crippen LogP contribution is 2.22. The predicted molar refractivity (Wildman–Crippen MR) is 86.2 cm³/mol. The molecule has 106 valence electrons. The smallest absolute Gasteiger partial charge is 0.0897 e. The molecule has 0 fully saturated rings. The summed E-state index contributed by atoms with van der Waals surface area (Å²) in [4.78, 5) is 8.62. The quantitative estimate of drug-likeness (QED) is 0.779. The molecule has 0 aliphatic heterocycles. The largest absolute Gasteiger partial charge is 0.301 e. The highest BCUT2D eigenvalue weighted by molar-refractivity contribution is 7.09. The molecule has 3 rings (SSSR count). The summed E-state index contributed by atoms with van der Waals surface area (Å²) >= 11 is 1.69. The standard InChI is InChI=1S/C17H17N3S/c1-13-20-16(12-21-13)11-19-17(14-5-3-2-4-6-14)15-7-9-18-10-8-15/h2-10,12,17,19H,11H2,1H3. The van der Waals surface area contributed by atoms with E-state index in [1.54, 1.807) is 11.3 Å². The Morgan fingerprint density at radius 1 is 1.05 bits per heavy atom. The van der Waals surface area contributed by atoms with Crippen molar-refractivity contribution in [2.75, 3.05) is 0 Å². The number of thiazole rings is 1. The van der Waals surface area contributed by atoms with Gasteiger partial charge in [0.05, 0.1) is 16.7 Å². The van der Waals surface area contributed by atoms with Gasteiger partial charge in [-0.1, -0.05) is 30.3 Å². The summed E-state index contributed by atoms with van der Waals surface area (Å²) in [6.07, 6.45) is 3.67. The monoisotopic (exact) mass is 295 g/mol. The zero-order valence-electron chi connectivity index (χ0n) is 11.9. The number of nitrogens with one attached hydrogen (secondary N) is 1. The maximum Gasteiger partial charge on any atom is 0.0897 e. The number of hydrogen-bond donors (Lipinski definition) is 1. The molecule has 1 aromatic carbocycles. The Bertz CT molecular complexity index is 640. The summed E-state index contributed by atoms with van der Waals surface area (Å²) in [5.74, 6) is 0. The average molecular weight is 295 g/mol.